The summed E-state index contributed by atoms with van der Waals surface area (Å²) in [4.78, 5) is 24.2. The molecule has 0 saturated carbocycles. The number of furan rings is 1. The zero-order chi connectivity index (χ0) is 17.1. The molecule has 0 bridgehead atoms. The van der Waals surface area contributed by atoms with Crippen molar-refractivity contribution in [3.05, 3.63) is 41.9 Å². The molecule has 7 heteroatoms. The lowest BCUT2D eigenvalue weighted by molar-refractivity contribution is -0.123. The lowest BCUT2D eigenvalue weighted by atomic mass is 10.2. The second-order valence-electron chi connectivity index (χ2n) is 5.29. The van der Waals surface area contributed by atoms with Crippen LogP contribution in [-0.4, -0.2) is 31.2 Å². The van der Waals surface area contributed by atoms with Crippen LogP contribution in [-0.2, 0) is 9.53 Å². The summed E-state index contributed by atoms with van der Waals surface area (Å²) < 4.78 is 21.1. The van der Waals surface area contributed by atoms with E-state index in [1.807, 2.05) is 0 Å². The van der Waals surface area contributed by atoms with Crippen molar-refractivity contribution in [2.75, 3.05) is 18.5 Å². The van der Waals surface area contributed by atoms with Crippen molar-refractivity contribution in [2.45, 2.75) is 20.0 Å². The van der Waals surface area contributed by atoms with Gasteiger partial charge in [0.25, 0.3) is 5.91 Å². The second-order valence-corrected chi connectivity index (χ2v) is 5.29. The molecule has 0 spiro atoms. The van der Waals surface area contributed by atoms with Gasteiger partial charge in [-0.15, -0.1) is 0 Å². The van der Waals surface area contributed by atoms with Crippen LogP contribution in [0.15, 0.2) is 34.9 Å². The third-order valence-corrected chi connectivity index (χ3v) is 3.54. The first-order chi connectivity index (χ1) is 11.5. The summed E-state index contributed by atoms with van der Waals surface area (Å²) in [5.74, 6) is 0.596. The van der Waals surface area contributed by atoms with Crippen LogP contribution in [0.5, 0.6) is 11.5 Å². The lowest BCUT2D eigenvalue weighted by Crippen LogP contribution is -2.30. The molecule has 24 heavy (non-hydrogen) atoms. The number of benzene rings is 1. The van der Waals surface area contributed by atoms with Gasteiger partial charge < -0.3 is 23.9 Å². The Morgan fingerprint density at radius 2 is 1.92 bits per heavy atom. The summed E-state index contributed by atoms with van der Waals surface area (Å²) in [6.45, 7) is 4.11. The Morgan fingerprint density at radius 1 is 1.17 bits per heavy atom. The zero-order valence-corrected chi connectivity index (χ0v) is 13.3. The van der Waals surface area contributed by atoms with E-state index in [4.69, 9.17) is 18.6 Å². The van der Waals surface area contributed by atoms with Crippen LogP contribution in [0.4, 0.5) is 5.69 Å². The quantitative estimate of drug-likeness (QED) is 0.866. The van der Waals surface area contributed by atoms with Gasteiger partial charge in [0, 0.05) is 11.8 Å². The molecule has 126 valence electrons. The van der Waals surface area contributed by atoms with E-state index < -0.39 is 18.0 Å². The number of fused-ring (bicyclic) bond motifs is 1. The number of aryl methyl sites for hydroxylation is 1. The second kappa shape index (κ2) is 6.66. The van der Waals surface area contributed by atoms with E-state index in [0.717, 1.165) is 0 Å². The molecule has 3 rings (SSSR count). The highest BCUT2D eigenvalue weighted by Crippen LogP contribution is 2.32. The van der Waals surface area contributed by atoms with Crippen molar-refractivity contribution in [1.29, 1.82) is 0 Å². The van der Waals surface area contributed by atoms with Gasteiger partial charge in [0.2, 0.25) is 0 Å². The molecule has 2 aromatic rings. The number of hydrogen-bond donors (Lipinski definition) is 1. The van der Waals surface area contributed by atoms with Gasteiger partial charge >= 0.3 is 5.97 Å². The third-order valence-electron chi connectivity index (χ3n) is 3.54. The summed E-state index contributed by atoms with van der Waals surface area (Å²) in [6.07, 6.45) is 0.436. The molecule has 1 amide bonds. The molecule has 1 aromatic carbocycles. The summed E-state index contributed by atoms with van der Waals surface area (Å²) in [7, 11) is 0. The van der Waals surface area contributed by atoms with Crippen LogP contribution in [0.2, 0.25) is 0 Å². The Kier molecular flexibility index (Phi) is 4.41. The highest BCUT2D eigenvalue weighted by atomic mass is 16.6. The predicted octanol–water partition coefficient (Wildman–Crippen LogP) is 2.54. The molecule has 1 N–H and O–H groups in total. The topological polar surface area (TPSA) is 87.0 Å². The fourth-order valence-electron chi connectivity index (χ4n) is 2.24. The Bertz CT molecular complexity index is 766. The Morgan fingerprint density at radius 3 is 2.62 bits per heavy atom. The van der Waals surface area contributed by atoms with E-state index in [1.165, 1.54) is 19.3 Å². The Labute approximate surface area is 138 Å². The van der Waals surface area contributed by atoms with E-state index in [-0.39, 0.29) is 0 Å². The standard InChI is InChI=1S/C17H17NO6/c1-10-13(5-6-21-10)17(20)24-11(2)16(19)18-12-3-4-14-15(9-12)23-8-7-22-14/h3-6,9,11H,7-8H2,1-2H3,(H,18,19)/t11-/m1/s1. The Hall–Kier alpha value is -2.96. The molecule has 1 aliphatic rings. The maximum absolute atomic E-state index is 12.2. The van der Waals surface area contributed by atoms with Gasteiger partial charge in [-0.25, -0.2) is 4.79 Å². The van der Waals surface area contributed by atoms with E-state index in [1.54, 1.807) is 25.1 Å². The van der Waals surface area contributed by atoms with Crippen molar-refractivity contribution >= 4 is 17.6 Å². The number of amides is 1. The highest BCUT2D eigenvalue weighted by molar-refractivity contribution is 5.97. The molecular formula is C17H17NO6. The normalized spacial score (nSPS) is 13.9. The molecule has 7 nitrogen and oxygen atoms in total. The molecule has 0 saturated heterocycles. The molecule has 0 fully saturated rings. The third kappa shape index (κ3) is 3.34. The van der Waals surface area contributed by atoms with E-state index in [2.05, 4.69) is 5.32 Å². The summed E-state index contributed by atoms with van der Waals surface area (Å²) in [5, 5.41) is 2.68. The minimum Gasteiger partial charge on any atom is -0.486 e. The number of rotatable bonds is 4. The van der Waals surface area contributed by atoms with E-state index >= 15 is 0 Å². The van der Waals surface area contributed by atoms with Gasteiger partial charge in [-0.05, 0) is 32.0 Å². The molecule has 1 aromatic heterocycles. The van der Waals surface area contributed by atoms with Gasteiger partial charge in [0.05, 0.1) is 6.26 Å². The SMILES string of the molecule is Cc1occc1C(=O)O[C@H](C)C(=O)Nc1ccc2c(c1)OCCO2. The highest BCUT2D eigenvalue weighted by Gasteiger charge is 2.22. The number of hydrogen-bond acceptors (Lipinski definition) is 6. The molecule has 0 radical (unpaired) electrons. The fourth-order valence-corrected chi connectivity index (χ4v) is 2.24. The minimum absolute atomic E-state index is 0.300. The number of anilines is 1. The molecule has 1 atom stereocenters. The summed E-state index contributed by atoms with van der Waals surface area (Å²) >= 11 is 0. The Balaban J connectivity index is 1.62. The van der Waals surface area contributed by atoms with Crippen molar-refractivity contribution < 1.29 is 28.2 Å². The predicted molar refractivity (Wildman–Crippen MR) is 84.4 cm³/mol. The molecule has 2 heterocycles. The lowest BCUT2D eigenvalue weighted by Gasteiger charge is -2.19. The first kappa shape index (κ1) is 15.9. The van der Waals surface area contributed by atoms with Crippen LogP contribution in [0.25, 0.3) is 0 Å². The monoisotopic (exact) mass is 331 g/mol. The van der Waals surface area contributed by atoms with Crippen LogP contribution in [0.3, 0.4) is 0 Å². The largest absolute Gasteiger partial charge is 0.486 e. The maximum Gasteiger partial charge on any atom is 0.342 e. The first-order valence-corrected chi connectivity index (χ1v) is 7.50. The molecule has 1 aliphatic heterocycles. The molecule has 0 unspecified atom stereocenters. The van der Waals surface area contributed by atoms with Gasteiger partial charge in [0.1, 0.15) is 24.5 Å². The van der Waals surface area contributed by atoms with Gasteiger partial charge in [0.15, 0.2) is 17.6 Å². The van der Waals surface area contributed by atoms with Gasteiger partial charge in [-0.2, -0.15) is 0 Å². The maximum atomic E-state index is 12.2. The molecular weight excluding hydrogens is 314 g/mol. The van der Waals surface area contributed by atoms with Crippen molar-refractivity contribution in [1.82, 2.24) is 0 Å². The summed E-state index contributed by atoms with van der Waals surface area (Å²) in [6, 6.07) is 6.58. The molecule has 0 aliphatic carbocycles. The number of carbonyl (C=O) groups is 2. The van der Waals surface area contributed by atoms with Crippen LogP contribution >= 0.6 is 0 Å². The van der Waals surface area contributed by atoms with Crippen molar-refractivity contribution in [3.63, 3.8) is 0 Å². The average Bonchev–Trinajstić information content (AvgIpc) is 3.00. The van der Waals surface area contributed by atoms with E-state index in [0.29, 0.717) is 41.7 Å². The summed E-state index contributed by atoms with van der Waals surface area (Å²) in [5.41, 5.74) is 0.834. The van der Waals surface area contributed by atoms with Gasteiger partial charge in [-0.1, -0.05) is 0 Å². The zero-order valence-electron chi connectivity index (χ0n) is 13.3. The van der Waals surface area contributed by atoms with Gasteiger partial charge in [-0.3, -0.25) is 4.79 Å². The van der Waals surface area contributed by atoms with Crippen LogP contribution in [0, 0.1) is 6.92 Å². The fraction of sp³-hybridized carbons (Fsp3) is 0.294. The number of nitrogens with one attached hydrogen (secondary N) is 1. The first-order valence-electron chi connectivity index (χ1n) is 7.50. The van der Waals surface area contributed by atoms with Crippen molar-refractivity contribution in [2.24, 2.45) is 0 Å². The van der Waals surface area contributed by atoms with E-state index in [9.17, 15) is 9.59 Å². The number of carbonyl (C=O) groups excluding carboxylic acids is 2. The van der Waals surface area contributed by atoms with Crippen LogP contribution < -0.4 is 14.8 Å². The smallest absolute Gasteiger partial charge is 0.342 e. The average molecular weight is 331 g/mol. The van der Waals surface area contributed by atoms with Crippen LogP contribution in [0.1, 0.15) is 23.0 Å². The number of ether oxygens (including phenoxy) is 3. The van der Waals surface area contributed by atoms with Crippen molar-refractivity contribution in [3.8, 4) is 11.5 Å². The number of esters is 1. The minimum atomic E-state index is -0.958.